The fourth-order valence-electron chi connectivity index (χ4n) is 1.53. The molecule has 0 aliphatic heterocycles. The Bertz CT molecular complexity index is 330. The number of hydrogen-bond acceptors (Lipinski definition) is 4. The Balaban J connectivity index is -0.000000270. The number of allylic oxidation sites excluding steroid dienone is 4. The van der Waals surface area contributed by atoms with Gasteiger partial charge in [-0.25, -0.2) is 12.2 Å². The van der Waals surface area contributed by atoms with Gasteiger partial charge in [-0.3, -0.25) is 0 Å². The van der Waals surface area contributed by atoms with Crippen LogP contribution in [0.2, 0.25) is 0 Å². The van der Waals surface area contributed by atoms with Crippen LogP contribution in [0.1, 0.15) is 12.8 Å². The molecule has 0 aromatic rings. The first-order valence-corrected chi connectivity index (χ1v) is 5.55. The summed E-state index contributed by atoms with van der Waals surface area (Å²) in [5.41, 5.74) is 0. The molecule has 0 unspecified atom stereocenters. The molecule has 0 N–H and O–H groups in total. The first kappa shape index (κ1) is 25.4. The molecule has 116 valence electrons. The summed E-state index contributed by atoms with van der Waals surface area (Å²) in [6.45, 7) is 0. The van der Waals surface area contributed by atoms with Crippen molar-refractivity contribution >= 4 is 0 Å². The Hall–Kier alpha value is -0.546. The van der Waals surface area contributed by atoms with Gasteiger partial charge in [0.25, 0.3) is 0 Å². The van der Waals surface area contributed by atoms with Crippen molar-refractivity contribution in [2.75, 3.05) is 28.4 Å². The van der Waals surface area contributed by atoms with Crippen LogP contribution in [-0.4, -0.2) is 28.4 Å². The van der Waals surface area contributed by atoms with Crippen LogP contribution in [0.15, 0.2) is 35.2 Å². The molecule has 0 spiro atoms. The third-order valence-corrected chi connectivity index (χ3v) is 2.40. The molecule has 21 heavy (non-hydrogen) atoms. The van der Waals surface area contributed by atoms with Crippen LogP contribution < -0.4 is 24.8 Å². The normalized spacial score (nSPS) is 14.3. The smallest absolute Gasteiger partial charge is 1.00 e. The molecule has 0 aromatic carbocycles. The molecule has 0 heterocycles. The molecule has 0 radical (unpaired) electrons. The first-order chi connectivity index (χ1) is 8.76. The van der Waals surface area contributed by atoms with Gasteiger partial charge < -0.3 is 43.8 Å². The van der Waals surface area contributed by atoms with Gasteiger partial charge >= 0.3 is 21.7 Å². The summed E-state index contributed by atoms with van der Waals surface area (Å²) in [6.07, 6.45) is 11.4. The van der Waals surface area contributed by atoms with Gasteiger partial charge in [0, 0.05) is 11.5 Å². The fourth-order valence-corrected chi connectivity index (χ4v) is 1.53. The maximum atomic E-state index is 4.95. The van der Waals surface area contributed by atoms with E-state index in [1.807, 2.05) is 12.2 Å². The second-order valence-electron chi connectivity index (χ2n) is 3.37. The van der Waals surface area contributed by atoms with Crippen molar-refractivity contribution in [3.63, 3.8) is 0 Å². The van der Waals surface area contributed by atoms with E-state index in [4.69, 9.17) is 18.9 Å². The Morgan fingerprint density at radius 1 is 0.714 bits per heavy atom. The van der Waals surface area contributed by atoms with Crippen LogP contribution in [0.5, 0.6) is 0 Å². The van der Waals surface area contributed by atoms with Crippen molar-refractivity contribution < 1.29 is 65.5 Å². The molecular formula is C14H18Cl2O4Ti. The molecule has 0 bridgehead atoms. The third kappa shape index (κ3) is 7.86. The van der Waals surface area contributed by atoms with Gasteiger partial charge in [0.2, 0.25) is 0 Å². The van der Waals surface area contributed by atoms with Gasteiger partial charge in [-0.2, -0.15) is 0 Å². The molecule has 2 aliphatic rings. The molecule has 0 fully saturated rings. The number of ether oxygens (including phenoxy) is 4. The number of methoxy groups -OCH3 is 4. The van der Waals surface area contributed by atoms with Gasteiger partial charge in [0.05, 0.1) is 28.4 Å². The maximum absolute atomic E-state index is 4.95. The molecule has 4 nitrogen and oxygen atoms in total. The third-order valence-electron chi connectivity index (χ3n) is 2.40. The van der Waals surface area contributed by atoms with E-state index in [1.54, 1.807) is 28.4 Å². The standard InChI is InChI=1S/2C7H9O2.2ClH.Ti/c2*1-8-6-4-3-5-7(6)9-2;;;/h2*4H,3H2,1-2H3;2*1H;/q2*-1;;;+4/p-2. The SMILES string of the molecule is COC1=[C-]CC=C1OC.COC1=[C-]CC=C1OC.[Cl-].[Cl-].[Ti+4]. The molecule has 0 aromatic heterocycles. The molecule has 0 saturated heterocycles. The van der Waals surface area contributed by atoms with Crippen molar-refractivity contribution in [2.45, 2.75) is 12.8 Å². The Morgan fingerprint density at radius 3 is 1.24 bits per heavy atom. The summed E-state index contributed by atoms with van der Waals surface area (Å²) in [6, 6.07) is 0. The minimum atomic E-state index is 0. The summed E-state index contributed by atoms with van der Waals surface area (Å²) in [5, 5.41) is 0. The molecular weight excluding hydrogens is 351 g/mol. The van der Waals surface area contributed by atoms with E-state index in [-0.39, 0.29) is 46.5 Å². The summed E-state index contributed by atoms with van der Waals surface area (Å²) < 4.78 is 19.8. The van der Waals surface area contributed by atoms with Gasteiger partial charge in [0.15, 0.2) is 0 Å². The van der Waals surface area contributed by atoms with Crippen molar-refractivity contribution in [3.05, 3.63) is 47.3 Å². The van der Waals surface area contributed by atoms with Crippen molar-refractivity contribution in [1.82, 2.24) is 0 Å². The van der Waals surface area contributed by atoms with E-state index in [0.29, 0.717) is 0 Å². The van der Waals surface area contributed by atoms with E-state index in [2.05, 4.69) is 12.2 Å². The molecule has 0 saturated carbocycles. The number of halogens is 2. The van der Waals surface area contributed by atoms with Crippen LogP contribution in [0, 0.1) is 12.2 Å². The van der Waals surface area contributed by atoms with E-state index < -0.39 is 0 Å². The second-order valence-corrected chi connectivity index (χ2v) is 3.37. The van der Waals surface area contributed by atoms with Crippen LogP contribution in [-0.2, 0) is 40.7 Å². The monoisotopic (exact) mass is 368 g/mol. The predicted octanol–water partition coefficient (Wildman–Crippen LogP) is -3.49. The predicted molar refractivity (Wildman–Crippen MR) is 66.9 cm³/mol. The number of hydrogen-bond donors (Lipinski definition) is 0. The van der Waals surface area contributed by atoms with E-state index in [1.165, 1.54) is 0 Å². The zero-order valence-corrected chi connectivity index (χ0v) is 15.5. The molecule has 0 amide bonds. The van der Waals surface area contributed by atoms with Crippen LogP contribution in [0.25, 0.3) is 0 Å². The minimum absolute atomic E-state index is 0. The fraction of sp³-hybridized carbons (Fsp3) is 0.429. The summed E-state index contributed by atoms with van der Waals surface area (Å²) in [7, 11) is 6.47. The van der Waals surface area contributed by atoms with Crippen LogP contribution in [0.3, 0.4) is 0 Å². The van der Waals surface area contributed by atoms with Crippen molar-refractivity contribution in [1.29, 1.82) is 0 Å². The Morgan fingerprint density at radius 2 is 1.05 bits per heavy atom. The first-order valence-electron chi connectivity index (χ1n) is 5.55. The zero-order chi connectivity index (χ0) is 13.4. The van der Waals surface area contributed by atoms with Crippen LogP contribution in [0.4, 0.5) is 0 Å². The van der Waals surface area contributed by atoms with Gasteiger partial charge in [-0.1, -0.05) is 0 Å². The van der Waals surface area contributed by atoms with Crippen LogP contribution >= 0.6 is 0 Å². The van der Waals surface area contributed by atoms with Crippen molar-refractivity contribution in [3.8, 4) is 0 Å². The average molecular weight is 369 g/mol. The number of rotatable bonds is 4. The Kier molecular flexibility index (Phi) is 17.4. The topological polar surface area (TPSA) is 36.9 Å². The average Bonchev–Trinajstić information content (AvgIpc) is 3.06. The minimum Gasteiger partial charge on any atom is -1.00 e. The van der Waals surface area contributed by atoms with Gasteiger partial charge in [-0.05, 0) is 11.5 Å². The summed E-state index contributed by atoms with van der Waals surface area (Å²) in [4.78, 5) is 0. The maximum Gasteiger partial charge on any atom is 4.00 e. The molecule has 7 heteroatoms. The molecule has 2 aliphatic carbocycles. The largest absolute Gasteiger partial charge is 4.00 e. The van der Waals surface area contributed by atoms with E-state index >= 15 is 0 Å². The van der Waals surface area contributed by atoms with Gasteiger partial charge in [-0.15, -0.1) is 25.0 Å². The molecule has 0 atom stereocenters. The molecule has 2 rings (SSSR count). The summed E-state index contributed by atoms with van der Waals surface area (Å²) in [5.74, 6) is 3.02. The Labute approximate surface area is 153 Å². The zero-order valence-electron chi connectivity index (χ0n) is 12.5. The second kappa shape index (κ2) is 14.4. The quantitative estimate of drug-likeness (QED) is 0.381. The van der Waals surface area contributed by atoms with Crippen molar-refractivity contribution in [2.24, 2.45) is 0 Å². The van der Waals surface area contributed by atoms with E-state index in [9.17, 15) is 0 Å². The van der Waals surface area contributed by atoms with Gasteiger partial charge in [0.1, 0.15) is 0 Å². The van der Waals surface area contributed by atoms with E-state index in [0.717, 1.165) is 35.9 Å². The summed E-state index contributed by atoms with van der Waals surface area (Å²) >= 11 is 0.